The van der Waals surface area contributed by atoms with Gasteiger partial charge in [-0.3, -0.25) is 4.90 Å². The number of piperidine rings is 2. The molecule has 4 bridgehead atoms. The summed E-state index contributed by atoms with van der Waals surface area (Å²) < 4.78 is 5.44. The maximum absolute atomic E-state index is 10.3. The first kappa shape index (κ1) is 14.8. The van der Waals surface area contributed by atoms with E-state index >= 15 is 0 Å². The SMILES string of the molecule is COc1ccc2[nH]c3c(c2c1)CCN1CC2C[C@@H]([C@H](C)O)[C@H]1[C@H]3C2. The summed E-state index contributed by atoms with van der Waals surface area (Å²) in [5.41, 5.74) is 4.14. The molecule has 4 heterocycles. The average molecular weight is 326 g/mol. The number of nitrogens with zero attached hydrogens (tertiary/aromatic N) is 1. The maximum atomic E-state index is 10.3. The zero-order valence-corrected chi connectivity index (χ0v) is 14.5. The molecule has 1 saturated carbocycles. The van der Waals surface area contributed by atoms with Crippen LogP contribution in [0.3, 0.4) is 0 Å². The minimum atomic E-state index is -0.214. The molecule has 4 heteroatoms. The summed E-state index contributed by atoms with van der Waals surface area (Å²) in [6.45, 7) is 4.31. The fraction of sp³-hybridized carbons (Fsp3) is 0.600. The molecule has 2 N–H and O–H groups in total. The molecule has 24 heavy (non-hydrogen) atoms. The van der Waals surface area contributed by atoms with Crippen molar-refractivity contribution in [2.24, 2.45) is 11.8 Å². The topological polar surface area (TPSA) is 48.5 Å². The molecule has 128 valence electrons. The summed E-state index contributed by atoms with van der Waals surface area (Å²) in [7, 11) is 1.73. The number of H-pyrrole nitrogens is 1. The van der Waals surface area contributed by atoms with Gasteiger partial charge in [-0.25, -0.2) is 0 Å². The quantitative estimate of drug-likeness (QED) is 0.892. The van der Waals surface area contributed by atoms with Crippen LogP contribution in [0.5, 0.6) is 5.75 Å². The second-order valence-electron chi connectivity index (χ2n) is 8.01. The summed E-state index contributed by atoms with van der Waals surface area (Å²) in [6.07, 6.45) is 3.34. The third-order valence-electron chi connectivity index (χ3n) is 6.74. The molecule has 2 aromatic rings. The van der Waals surface area contributed by atoms with E-state index in [0.29, 0.717) is 17.9 Å². The summed E-state index contributed by atoms with van der Waals surface area (Å²) in [4.78, 5) is 6.41. The Morgan fingerprint density at radius 3 is 3.00 bits per heavy atom. The third kappa shape index (κ3) is 1.99. The van der Waals surface area contributed by atoms with Gasteiger partial charge in [-0.05, 0) is 55.9 Å². The molecule has 6 rings (SSSR count). The number of aliphatic hydroxyl groups excluding tert-OH is 1. The van der Waals surface area contributed by atoms with Crippen LogP contribution < -0.4 is 4.74 Å². The molecule has 4 aliphatic rings. The average Bonchev–Trinajstić information content (AvgIpc) is 2.92. The van der Waals surface area contributed by atoms with E-state index in [0.717, 1.165) is 24.6 Å². The highest BCUT2D eigenvalue weighted by Crippen LogP contribution is 2.51. The standard InChI is InChI=1S/C20H26N2O2/c1-11(23)15-7-12-8-17-19-14(5-6-22(10-12)20(15)17)16-9-13(24-2)3-4-18(16)21-19/h3-4,9,11-12,15,17,20-21,23H,5-8,10H2,1-2H3/t11-,12?,15-,17-,20-/m0/s1. The summed E-state index contributed by atoms with van der Waals surface area (Å²) >= 11 is 0. The van der Waals surface area contributed by atoms with Crippen LogP contribution in [0.2, 0.25) is 0 Å². The van der Waals surface area contributed by atoms with Crippen molar-refractivity contribution in [2.75, 3.05) is 20.2 Å². The summed E-state index contributed by atoms with van der Waals surface area (Å²) in [5.74, 6) is 2.61. The molecule has 0 amide bonds. The van der Waals surface area contributed by atoms with E-state index < -0.39 is 0 Å². The minimum absolute atomic E-state index is 0.214. The Hall–Kier alpha value is -1.52. The van der Waals surface area contributed by atoms with Crippen molar-refractivity contribution in [2.45, 2.75) is 44.2 Å². The number of benzene rings is 1. The predicted molar refractivity (Wildman–Crippen MR) is 94.6 cm³/mol. The number of hydrogen-bond acceptors (Lipinski definition) is 3. The number of hydrogen-bond donors (Lipinski definition) is 2. The number of methoxy groups -OCH3 is 1. The van der Waals surface area contributed by atoms with Crippen molar-refractivity contribution in [1.29, 1.82) is 0 Å². The number of aromatic nitrogens is 1. The zero-order chi connectivity index (χ0) is 16.4. The molecular formula is C20H26N2O2. The van der Waals surface area contributed by atoms with Crippen molar-refractivity contribution >= 4 is 10.9 Å². The summed E-state index contributed by atoms with van der Waals surface area (Å²) in [5, 5.41) is 11.7. The lowest BCUT2D eigenvalue weighted by Crippen LogP contribution is -2.58. The van der Waals surface area contributed by atoms with Crippen LogP contribution in [0.25, 0.3) is 10.9 Å². The highest BCUT2D eigenvalue weighted by Gasteiger charge is 2.50. The lowest BCUT2D eigenvalue weighted by molar-refractivity contribution is -0.0580. The van der Waals surface area contributed by atoms with Crippen LogP contribution in [0.4, 0.5) is 0 Å². The van der Waals surface area contributed by atoms with E-state index in [2.05, 4.69) is 22.0 Å². The van der Waals surface area contributed by atoms with Crippen LogP contribution in [-0.4, -0.2) is 47.3 Å². The Balaban J connectivity index is 1.65. The molecule has 1 aromatic heterocycles. The third-order valence-corrected chi connectivity index (χ3v) is 6.74. The number of ether oxygens (including phenoxy) is 1. The number of aliphatic hydroxyl groups is 1. The van der Waals surface area contributed by atoms with Gasteiger partial charge < -0.3 is 14.8 Å². The first-order valence-corrected chi connectivity index (χ1v) is 9.26. The van der Waals surface area contributed by atoms with E-state index in [1.54, 1.807) is 7.11 Å². The predicted octanol–water partition coefficient (Wildman–Crippen LogP) is 2.91. The van der Waals surface area contributed by atoms with Gasteiger partial charge in [-0.2, -0.15) is 0 Å². The number of fused-ring (bicyclic) bond motifs is 4. The van der Waals surface area contributed by atoms with Gasteiger partial charge in [0.1, 0.15) is 5.75 Å². The lowest BCUT2D eigenvalue weighted by atomic mass is 9.64. The van der Waals surface area contributed by atoms with E-state index in [1.807, 2.05) is 13.0 Å². The zero-order valence-electron chi connectivity index (χ0n) is 14.5. The van der Waals surface area contributed by atoms with Crippen molar-refractivity contribution in [1.82, 2.24) is 9.88 Å². The normalized spacial score (nSPS) is 35.5. The van der Waals surface area contributed by atoms with Crippen LogP contribution in [0, 0.1) is 11.8 Å². The molecule has 3 fully saturated rings. The fourth-order valence-corrected chi connectivity index (χ4v) is 5.77. The van der Waals surface area contributed by atoms with Gasteiger partial charge in [0.05, 0.1) is 13.2 Å². The van der Waals surface area contributed by atoms with E-state index in [4.69, 9.17) is 4.74 Å². The molecule has 3 aliphatic heterocycles. The molecule has 0 radical (unpaired) electrons. The maximum Gasteiger partial charge on any atom is 0.119 e. The highest BCUT2D eigenvalue weighted by molar-refractivity contribution is 5.86. The lowest BCUT2D eigenvalue weighted by Gasteiger charge is -2.54. The molecule has 2 unspecified atom stereocenters. The van der Waals surface area contributed by atoms with Crippen molar-refractivity contribution in [3.63, 3.8) is 0 Å². The molecule has 4 nitrogen and oxygen atoms in total. The van der Waals surface area contributed by atoms with Gasteiger partial charge in [0.25, 0.3) is 0 Å². The number of nitrogens with one attached hydrogen (secondary N) is 1. The molecule has 6 atom stereocenters. The van der Waals surface area contributed by atoms with E-state index in [9.17, 15) is 5.11 Å². The molecule has 1 aliphatic carbocycles. The Kier molecular flexibility index (Phi) is 3.23. The van der Waals surface area contributed by atoms with Crippen molar-refractivity contribution in [3.8, 4) is 5.75 Å². The first-order valence-electron chi connectivity index (χ1n) is 9.26. The monoisotopic (exact) mass is 326 g/mol. The smallest absolute Gasteiger partial charge is 0.119 e. The van der Waals surface area contributed by atoms with Crippen LogP contribution >= 0.6 is 0 Å². The Bertz CT molecular complexity index is 781. The van der Waals surface area contributed by atoms with Gasteiger partial charge >= 0.3 is 0 Å². The van der Waals surface area contributed by atoms with Crippen LogP contribution in [0.1, 0.15) is 36.9 Å². The molecule has 1 aromatic carbocycles. The second kappa shape index (κ2) is 5.24. The Labute approximate surface area is 142 Å². The van der Waals surface area contributed by atoms with Gasteiger partial charge in [0.2, 0.25) is 0 Å². The van der Waals surface area contributed by atoms with E-state index in [1.165, 1.54) is 41.5 Å². The fourth-order valence-electron chi connectivity index (χ4n) is 5.77. The van der Waals surface area contributed by atoms with E-state index in [-0.39, 0.29) is 6.10 Å². The van der Waals surface area contributed by atoms with Crippen LogP contribution in [0.15, 0.2) is 18.2 Å². The Morgan fingerprint density at radius 2 is 2.21 bits per heavy atom. The van der Waals surface area contributed by atoms with Gasteiger partial charge in [-0.15, -0.1) is 0 Å². The first-order chi connectivity index (χ1) is 11.7. The van der Waals surface area contributed by atoms with Crippen molar-refractivity contribution < 1.29 is 9.84 Å². The second-order valence-corrected chi connectivity index (χ2v) is 8.01. The van der Waals surface area contributed by atoms with Gasteiger partial charge in [0.15, 0.2) is 0 Å². The molecule has 0 spiro atoms. The minimum Gasteiger partial charge on any atom is -0.497 e. The summed E-state index contributed by atoms with van der Waals surface area (Å²) in [6, 6.07) is 6.86. The van der Waals surface area contributed by atoms with Gasteiger partial charge in [0, 0.05) is 47.6 Å². The largest absolute Gasteiger partial charge is 0.497 e. The highest BCUT2D eigenvalue weighted by atomic mass is 16.5. The Morgan fingerprint density at radius 1 is 1.33 bits per heavy atom. The molecule has 2 saturated heterocycles. The van der Waals surface area contributed by atoms with Crippen LogP contribution in [-0.2, 0) is 6.42 Å². The number of aromatic amines is 1. The molecular weight excluding hydrogens is 300 g/mol. The number of rotatable bonds is 2. The van der Waals surface area contributed by atoms with Crippen molar-refractivity contribution in [3.05, 3.63) is 29.5 Å². The van der Waals surface area contributed by atoms with Gasteiger partial charge in [-0.1, -0.05) is 0 Å².